The number of halogens is 1. The molecule has 0 saturated carbocycles. The molecule has 0 nitrogen and oxygen atoms in total. The van der Waals surface area contributed by atoms with Gasteiger partial charge in [0.2, 0.25) is 0 Å². The zero-order valence-corrected chi connectivity index (χ0v) is 9.28. The van der Waals surface area contributed by atoms with E-state index in [1.54, 1.807) is 0 Å². The Labute approximate surface area is 89.6 Å². The Morgan fingerprint density at radius 3 is 2.25 bits per heavy atom. The smallest absolute Gasteiger partial charge is 0.0155 e. The van der Waals surface area contributed by atoms with Gasteiger partial charge in [0, 0.05) is 0 Å². The van der Waals surface area contributed by atoms with E-state index in [-0.39, 0.29) is 24.0 Å². The molecule has 1 heteroatoms. The SMILES string of the molecule is Cc1cccc2ccccc12.I. The van der Waals surface area contributed by atoms with Crippen molar-refractivity contribution in [1.82, 2.24) is 0 Å². The van der Waals surface area contributed by atoms with Gasteiger partial charge in [-0.05, 0) is 23.3 Å². The van der Waals surface area contributed by atoms with E-state index in [0.29, 0.717) is 0 Å². The Kier molecular flexibility index (Phi) is 3.09. The van der Waals surface area contributed by atoms with Gasteiger partial charge in [-0.1, -0.05) is 42.5 Å². The first kappa shape index (κ1) is 9.52. The third-order valence-electron chi connectivity index (χ3n) is 2.01. The quantitative estimate of drug-likeness (QED) is 0.639. The van der Waals surface area contributed by atoms with Crippen molar-refractivity contribution >= 4 is 34.7 Å². The summed E-state index contributed by atoms with van der Waals surface area (Å²) < 4.78 is 0. The summed E-state index contributed by atoms with van der Waals surface area (Å²) in [4.78, 5) is 0. The molecule has 0 fully saturated rings. The first-order valence-corrected chi connectivity index (χ1v) is 3.82. The Balaban J connectivity index is 0.000000720. The fourth-order valence-corrected chi connectivity index (χ4v) is 1.39. The van der Waals surface area contributed by atoms with E-state index in [1.165, 1.54) is 16.3 Å². The Morgan fingerprint density at radius 1 is 0.833 bits per heavy atom. The zero-order chi connectivity index (χ0) is 7.68. The highest BCUT2D eigenvalue weighted by Gasteiger charge is 1.91. The maximum absolute atomic E-state index is 2.16. The van der Waals surface area contributed by atoms with Crippen LogP contribution >= 0.6 is 24.0 Å². The highest BCUT2D eigenvalue weighted by molar-refractivity contribution is 14.0. The van der Waals surface area contributed by atoms with Crippen LogP contribution in [0.5, 0.6) is 0 Å². The largest absolute Gasteiger partial charge is 0.107 e. The molecule has 0 aromatic heterocycles. The van der Waals surface area contributed by atoms with Crippen molar-refractivity contribution in [3.05, 3.63) is 48.0 Å². The molecule has 0 N–H and O–H groups in total. The van der Waals surface area contributed by atoms with Crippen LogP contribution in [0.2, 0.25) is 0 Å². The Bertz CT molecular complexity index is 374. The molecule has 0 unspecified atom stereocenters. The van der Waals surface area contributed by atoms with Crippen molar-refractivity contribution in [2.24, 2.45) is 0 Å². The molecule has 2 aromatic rings. The van der Waals surface area contributed by atoms with Gasteiger partial charge in [-0.3, -0.25) is 0 Å². The van der Waals surface area contributed by atoms with Crippen LogP contribution in [0.4, 0.5) is 0 Å². The van der Waals surface area contributed by atoms with Crippen molar-refractivity contribution in [2.75, 3.05) is 0 Å². The zero-order valence-electron chi connectivity index (χ0n) is 6.95. The first-order chi connectivity index (χ1) is 5.38. The monoisotopic (exact) mass is 270 g/mol. The molecule has 0 aliphatic heterocycles. The van der Waals surface area contributed by atoms with Gasteiger partial charge in [0.1, 0.15) is 0 Å². The van der Waals surface area contributed by atoms with Crippen molar-refractivity contribution < 1.29 is 0 Å². The van der Waals surface area contributed by atoms with Crippen LogP contribution in [-0.2, 0) is 0 Å². The Morgan fingerprint density at radius 2 is 1.50 bits per heavy atom. The van der Waals surface area contributed by atoms with Gasteiger partial charge in [-0.25, -0.2) is 0 Å². The average Bonchev–Trinajstić information content (AvgIpc) is 2.06. The molecule has 0 amide bonds. The predicted molar refractivity (Wildman–Crippen MR) is 64.1 cm³/mol. The molecule has 0 aliphatic carbocycles. The Hall–Kier alpha value is -0.570. The molecule has 0 aliphatic rings. The molecule has 0 radical (unpaired) electrons. The topological polar surface area (TPSA) is 0 Å². The van der Waals surface area contributed by atoms with Crippen LogP contribution in [0.25, 0.3) is 10.8 Å². The van der Waals surface area contributed by atoms with Crippen molar-refractivity contribution in [3.8, 4) is 0 Å². The minimum Gasteiger partial charge on any atom is -0.107 e. The first-order valence-electron chi connectivity index (χ1n) is 3.82. The molecule has 0 atom stereocenters. The summed E-state index contributed by atoms with van der Waals surface area (Å²) >= 11 is 0. The van der Waals surface area contributed by atoms with Crippen molar-refractivity contribution in [3.63, 3.8) is 0 Å². The van der Waals surface area contributed by atoms with Crippen LogP contribution in [0.3, 0.4) is 0 Å². The van der Waals surface area contributed by atoms with Gasteiger partial charge in [-0.15, -0.1) is 24.0 Å². The third-order valence-corrected chi connectivity index (χ3v) is 2.01. The van der Waals surface area contributed by atoms with Crippen molar-refractivity contribution in [2.45, 2.75) is 6.92 Å². The lowest BCUT2D eigenvalue weighted by atomic mass is 10.1. The fraction of sp³-hybridized carbons (Fsp3) is 0.0909. The van der Waals surface area contributed by atoms with E-state index in [9.17, 15) is 0 Å². The molecule has 62 valence electrons. The maximum atomic E-state index is 2.16. The maximum Gasteiger partial charge on any atom is -0.0155 e. The summed E-state index contributed by atoms with van der Waals surface area (Å²) in [5.41, 5.74) is 1.35. The van der Waals surface area contributed by atoms with Crippen LogP contribution in [0.15, 0.2) is 42.5 Å². The lowest BCUT2D eigenvalue weighted by Crippen LogP contribution is -1.75. The number of rotatable bonds is 0. The summed E-state index contributed by atoms with van der Waals surface area (Å²) in [6.45, 7) is 2.14. The summed E-state index contributed by atoms with van der Waals surface area (Å²) in [5, 5.41) is 2.68. The number of benzene rings is 2. The van der Waals surface area contributed by atoms with Gasteiger partial charge >= 0.3 is 0 Å². The van der Waals surface area contributed by atoms with E-state index in [0.717, 1.165) is 0 Å². The molecule has 2 aromatic carbocycles. The number of hydrogen-bond donors (Lipinski definition) is 0. The van der Waals surface area contributed by atoms with E-state index in [4.69, 9.17) is 0 Å². The van der Waals surface area contributed by atoms with Gasteiger partial charge in [-0.2, -0.15) is 0 Å². The molecule has 0 bridgehead atoms. The number of fused-ring (bicyclic) bond motifs is 1. The highest BCUT2D eigenvalue weighted by Crippen LogP contribution is 2.16. The second-order valence-corrected chi connectivity index (χ2v) is 2.80. The molecular weight excluding hydrogens is 259 g/mol. The van der Waals surface area contributed by atoms with E-state index >= 15 is 0 Å². The summed E-state index contributed by atoms with van der Waals surface area (Å²) in [6.07, 6.45) is 0. The fourth-order valence-electron chi connectivity index (χ4n) is 1.39. The number of aryl methyl sites for hydroxylation is 1. The summed E-state index contributed by atoms with van der Waals surface area (Å²) in [7, 11) is 0. The standard InChI is InChI=1S/C11H10.HI/c1-9-5-4-7-10-6-2-3-8-11(9)10;/h2-8H,1H3;1H. The highest BCUT2D eigenvalue weighted by atomic mass is 127. The average molecular weight is 270 g/mol. The van der Waals surface area contributed by atoms with E-state index in [1.807, 2.05) is 0 Å². The number of hydrogen-bond acceptors (Lipinski definition) is 0. The normalized spacial score (nSPS) is 9.42. The molecular formula is C11H11I. The minimum atomic E-state index is 0. The molecule has 0 saturated heterocycles. The summed E-state index contributed by atoms with van der Waals surface area (Å²) in [5.74, 6) is 0. The third kappa shape index (κ3) is 1.61. The van der Waals surface area contributed by atoms with Crippen LogP contribution in [0.1, 0.15) is 5.56 Å². The lowest BCUT2D eigenvalue weighted by molar-refractivity contribution is 1.53. The second-order valence-electron chi connectivity index (χ2n) is 2.80. The van der Waals surface area contributed by atoms with Crippen molar-refractivity contribution in [1.29, 1.82) is 0 Å². The van der Waals surface area contributed by atoms with Crippen LogP contribution in [0, 0.1) is 6.92 Å². The second kappa shape index (κ2) is 3.90. The van der Waals surface area contributed by atoms with Gasteiger partial charge < -0.3 is 0 Å². The van der Waals surface area contributed by atoms with Crippen LogP contribution in [-0.4, -0.2) is 0 Å². The van der Waals surface area contributed by atoms with E-state index < -0.39 is 0 Å². The van der Waals surface area contributed by atoms with E-state index in [2.05, 4.69) is 49.4 Å². The molecule has 0 heterocycles. The predicted octanol–water partition coefficient (Wildman–Crippen LogP) is 3.77. The molecule has 2 rings (SSSR count). The summed E-state index contributed by atoms with van der Waals surface area (Å²) in [6, 6.07) is 14.8. The molecule has 12 heavy (non-hydrogen) atoms. The van der Waals surface area contributed by atoms with Crippen LogP contribution < -0.4 is 0 Å². The van der Waals surface area contributed by atoms with Gasteiger partial charge in [0.25, 0.3) is 0 Å². The van der Waals surface area contributed by atoms with Gasteiger partial charge in [0.05, 0.1) is 0 Å². The molecule has 0 spiro atoms. The lowest BCUT2D eigenvalue weighted by Gasteiger charge is -1.98. The van der Waals surface area contributed by atoms with Gasteiger partial charge in [0.15, 0.2) is 0 Å². The minimum absolute atomic E-state index is 0.